The molecule has 29 heavy (non-hydrogen) atoms. The number of benzene rings is 2. The maximum absolute atomic E-state index is 13.7. The summed E-state index contributed by atoms with van der Waals surface area (Å²) in [6, 6.07) is 10.8. The largest absolute Gasteiger partial charge is 0.394 e. The van der Waals surface area contributed by atoms with E-state index in [1.165, 1.54) is 18.2 Å². The minimum Gasteiger partial charge on any atom is -0.394 e. The molecule has 0 bridgehead atoms. The number of carbonyl (C=O) groups is 1. The van der Waals surface area contributed by atoms with Crippen LogP contribution in [0.25, 0.3) is 6.08 Å². The fourth-order valence-electron chi connectivity index (χ4n) is 3.19. The zero-order valence-electron chi connectivity index (χ0n) is 16.0. The molecule has 0 aliphatic carbocycles. The Labute approximate surface area is 168 Å². The Balaban J connectivity index is 1.64. The van der Waals surface area contributed by atoms with E-state index in [2.05, 4.69) is 10.2 Å². The first kappa shape index (κ1) is 21.1. The molecule has 5 nitrogen and oxygen atoms in total. The van der Waals surface area contributed by atoms with Gasteiger partial charge < -0.3 is 15.2 Å². The van der Waals surface area contributed by atoms with E-state index in [-0.39, 0.29) is 12.2 Å². The molecule has 0 radical (unpaired) electrons. The molecule has 3 rings (SSSR count). The van der Waals surface area contributed by atoms with Crippen LogP contribution in [0.1, 0.15) is 22.7 Å². The number of aliphatic hydroxyl groups excluding tert-OH is 1. The summed E-state index contributed by atoms with van der Waals surface area (Å²) in [6.07, 6.45) is 2.33. The number of nitrogens with one attached hydrogen (secondary N) is 1. The highest BCUT2D eigenvalue weighted by atomic mass is 19.2. The number of nitrogens with zero attached hydrogens (tertiary/aromatic N) is 1. The number of ether oxygens (including phenoxy) is 1. The SMILES string of the molecule is O=C(C=Cc1cccc(F)c1F)N[C@H](CO)c1cccc(CN2CCOCC2)c1. The summed E-state index contributed by atoms with van der Waals surface area (Å²) in [5.41, 5.74) is 1.83. The van der Waals surface area contributed by atoms with Crippen molar-refractivity contribution in [2.24, 2.45) is 0 Å². The summed E-state index contributed by atoms with van der Waals surface area (Å²) in [5, 5.41) is 12.4. The maximum Gasteiger partial charge on any atom is 0.244 e. The van der Waals surface area contributed by atoms with Gasteiger partial charge in [0, 0.05) is 31.3 Å². The lowest BCUT2D eigenvalue weighted by Gasteiger charge is -2.27. The molecule has 1 aliphatic rings. The van der Waals surface area contributed by atoms with Crippen LogP contribution < -0.4 is 5.32 Å². The molecule has 2 aromatic rings. The molecule has 0 spiro atoms. The number of hydrogen-bond donors (Lipinski definition) is 2. The lowest BCUT2D eigenvalue weighted by Crippen LogP contribution is -2.35. The molecule has 1 atom stereocenters. The van der Waals surface area contributed by atoms with Crippen LogP contribution in [0.2, 0.25) is 0 Å². The predicted molar refractivity (Wildman–Crippen MR) is 106 cm³/mol. The van der Waals surface area contributed by atoms with Gasteiger partial charge in [-0.05, 0) is 23.3 Å². The van der Waals surface area contributed by atoms with Crippen molar-refractivity contribution >= 4 is 12.0 Å². The zero-order valence-corrected chi connectivity index (χ0v) is 16.0. The van der Waals surface area contributed by atoms with E-state index in [4.69, 9.17) is 4.74 Å². The van der Waals surface area contributed by atoms with Crippen molar-refractivity contribution < 1.29 is 23.4 Å². The first-order chi connectivity index (χ1) is 14.1. The number of halogens is 2. The van der Waals surface area contributed by atoms with E-state index < -0.39 is 23.6 Å². The van der Waals surface area contributed by atoms with Crippen LogP contribution in [0.3, 0.4) is 0 Å². The van der Waals surface area contributed by atoms with Crippen LogP contribution >= 0.6 is 0 Å². The summed E-state index contributed by atoms with van der Waals surface area (Å²) in [6.45, 7) is 3.65. The number of carbonyl (C=O) groups excluding carboxylic acids is 1. The van der Waals surface area contributed by atoms with Crippen molar-refractivity contribution in [1.29, 1.82) is 0 Å². The predicted octanol–water partition coefficient (Wildman–Crippen LogP) is 2.66. The van der Waals surface area contributed by atoms with Crippen LogP contribution in [-0.4, -0.2) is 48.8 Å². The van der Waals surface area contributed by atoms with Crippen molar-refractivity contribution in [3.05, 3.63) is 76.9 Å². The lowest BCUT2D eigenvalue weighted by molar-refractivity contribution is -0.117. The van der Waals surface area contributed by atoms with Gasteiger partial charge in [0.2, 0.25) is 5.91 Å². The highest BCUT2D eigenvalue weighted by molar-refractivity contribution is 5.92. The second-order valence-electron chi connectivity index (χ2n) is 6.85. The van der Waals surface area contributed by atoms with Crippen LogP contribution in [0.5, 0.6) is 0 Å². The molecule has 1 aliphatic heterocycles. The van der Waals surface area contributed by atoms with Crippen LogP contribution in [0, 0.1) is 11.6 Å². The number of amides is 1. The molecule has 1 fully saturated rings. The topological polar surface area (TPSA) is 61.8 Å². The summed E-state index contributed by atoms with van der Waals surface area (Å²) < 4.78 is 32.3. The summed E-state index contributed by atoms with van der Waals surface area (Å²) >= 11 is 0. The Kier molecular flexibility index (Phi) is 7.46. The maximum atomic E-state index is 13.7. The standard InChI is InChI=1S/C22H24F2N2O3/c23-19-6-2-4-17(22(19)24)7-8-21(28)25-20(15-27)18-5-1-3-16(13-18)14-26-9-11-29-12-10-26/h1-8,13,20,27H,9-12,14-15H2,(H,25,28)/t20-/m1/s1. The fourth-order valence-corrected chi connectivity index (χ4v) is 3.19. The van der Waals surface area contributed by atoms with Crippen LogP contribution in [0.4, 0.5) is 8.78 Å². The van der Waals surface area contributed by atoms with Gasteiger partial charge in [-0.3, -0.25) is 9.69 Å². The van der Waals surface area contributed by atoms with Gasteiger partial charge in [-0.1, -0.05) is 36.4 Å². The minimum atomic E-state index is -1.01. The molecule has 0 saturated carbocycles. The van der Waals surface area contributed by atoms with Crippen molar-refractivity contribution in [3.63, 3.8) is 0 Å². The molecule has 7 heteroatoms. The average molecular weight is 402 g/mol. The third-order valence-corrected chi connectivity index (χ3v) is 4.76. The summed E-state index contributed by atoms with van der Waals surface area (Å²) in [4.78, 5) is 14.5. The normalized spacial score (nSPS) is 16.1. The third-order valence-electron chi connectivity index (χ3n) is 4.76. The van der Waals surface area contributed by atoms with Crippen molar-refractivity contribution in [2.75, 3.05) is 32.9 Å². The van der Waals surface area contributed by atoms with E-state index in [9.17, 15) is 18.7 Å². The van der Waals surface area contributed by atoms with Crippen LogP contribution in [-0.2, 0) is 16.1 Å². The Morgan fingerprint density at radius 1 is 1.21 bits per heavy atom. The number of aliphatic hydroxyl groups is 1. The molecule has 154 valence electrons. The van der Waals surface area contributed by atoms with E-state index in [0.29, 0.717) is 13.2 Å². The molecule has 0 unspecified atom stereocenters. The second kappa shape index (κ2) is 10.2. The first-order valence-corrected chi connectivity index (χ1v) is 9.49. The first-order valence-electron chi connectivity index (χ1n) is 9.49. The smallest absolute Gasteiger partial charge is 0.244 e. The van der Waals surface area contributed by atoms with Gasteiger partial charge in [0.25, 0.3) is 0 Å². The quantitative estimate of drug-likeness (QED) is 0.699. The molecule has 0 aromatic heterocycles. The Morgan fingerprint density at radius 3 is 2.72 bits per heavy atom. The van der Waals surface area contributed by atoms with E-state index >= 15 is 0 Å². The fraction of sp³-hybridized carbons (Fsp3) is 0.318. The summed E-state index contributed by atoms with van der Waals surface area (Å²) in [5.74, 6) is -2.49. The molecule has 1 amide bonds. The van der Waals surface area contributed by atoms with E-state index in [1.54, 1.807) is 0 Å². The van der Waals surface area contributed by atoms with Gasteiger partial charge >= 0.3 is 0 Å². The monoisotopic (exact) mass is 402 g/mol. The number of hydrogen-bond acceptors (Lipinski definition) is 4. The summed E-state index contributed by atoms with van der Waals surface area (Å²) in [7, 11) is 0. The molecule has 1 heterocycles. The Morgan fingerprint density at radius 2 is 1.97 bits per heavy atom. The third kappa shape index (κ3) is 5.93. The Hall–Kier alpha value is -2.61. The van der Waals surface area contributed by atoms with Crippen molar-refractivity contribution in [3.8, 4) is 0 Å². The van der Waals surface area contributed by atoms with Crippen LogP contribution in [0.15, 0.2) is 48.5 Å². The van der Waals surface area contributed by atoms with E-state index in [1.807, 2.05) is 24.3 Å². The second-order valence-corrected chi connectivity index (χ2v) is 6.85. The van der Waals surface area contributed by atoms with Crippen molar-refractivity contribution in [1.82, 2.24) is 10.2 Å². The average Bonchev–Trinajstić information content (AvgIpc) is 2.74. The lowest BCUT2D eigenvalue weighted by atomic mass is 10.0. The number of rotatable bonds is 7. The zero-order chi connectivity index (χ0) is 20.6. The van der Waals surface area contributed by atoms with Gasteiger partial charge in [0.1, 0.15) is 0 Å². The van der Waals surface area contributed by atoms with Gasteiger partial charge in [0.15, 0.2) is 11.6 Å². The van der Waals surface area contributed by atoms with Gasteiger partial charge in [-0.15, -0.1) is 0 Å². The molecular formula is C22H24F2N2O3. The molecule has 2 N–H and O–H groups in total. The highest BCUT2D eigenvalue weighted by Crippen LogP contribution is 2.17. The van der Waals surface area contributed by atoms with Crippen molar-refractivity contribution in [2.45, 2.75) is 12.6 Å². The van der Waals surface area contributed by atoms with Gasteiger partial charge in [-0.2, -0.15) is 0 Å². The minimum absolute atomic E-state index is 0.0202. The van der Waals surface area contributed by atoms with E-state index in [0.717, 1.165) is 42.9 Å². The molecule has 2 aromatic carbocycles. The van der Waals surface area contributed by atoms with Gasteiger partial charge in [-0.25, -0.2) is 8.78 Å². The molecule has 1 saturated heterocycles. The molecular weight excluding hydrogens is 378 g/mol. The number of morpholine rings is 1. The highest BCUT2D eigenvalue weighted by Gasteiger charge is 2.15. The Bertz CT molecular complexity index is 867. The van der Waals surface area contributed by atoms with Gasteiger partial charge in [0.05, 0.1) is 25.9 Å².